The molecule has 0 spiro atoms. The molecule has 0 aromatic heterocycles. The second kappa shape index (κ2) is 8.36. The van der Waals surface area contributed by atoms with Gasteiger partial charge in [-0.2, -0.15) is 0 Å². The number of anilines is 1. The third kappa shape index (κ3) is 3.60. The number of hydrogen-bond donors (Lipinski definition) is 0. The maximum Gasteiger partial charge on any atom is 0.355 e. The molecule has 26 heavy (non-hydrogen) atoms. The minimum Gasteiger partial charge on any atom is -0.463 e. The fourth-order valence-electron chi connectivity index (χ4n) is 3.71. The van der Waals surface area contributed by atoms with Gasteiger partial charge in [-0.15, -0.1) is 0 Å². The summed E-state index contributed by atoms with van der Waals surface area (Å²) in [5, 5.41) is 0. The normalized spacial score (nSPS) is 20.5. The summed E-state index contributed by atoms with van der Waals surface area (Å²) < 4.78 is 10.5. The molecule has 1 aromatic carbocycles. The minimum atomic E-state index is -0.471. The molecule has 0 saturated carbocycles. The fraction of sp³-hybridized carbons (Fsp3) is 0.500. The lowest BCUT2D eigenvalue weighted by atomic mass is 10.1. The van der Waals surface area contributed by atoms with Gasteiger partial charge in [-0.1, -0.05) is 18.2 Å². The Hall–Kier alpha value is -2.34. The van der Waals surface area contributed by atoms with Crippen molar-refractivity contribution in [1.82, 2.24) is 4.90 Å². The van der Waals surface area contributed by atoms with Gasteiger partial charge in [0.15, 0.2) is 0 Å². The Bertz CT molecular complexity index is 680. The van der Waals surface area contributed by atoms with Gasteiger partial charge >= 0.3 is 11.9 Å². The van der Waals surface area contributed by atoms with E-state index in [9.17, 15) is 9.59 Å². The largest absolute Gasteiger partial charge is 0.463 e. The van der Waals surface area contributed by atoms with E-state index in [-0.39, 0.29) is 19.4 Å². The van der Waals surface area contributed by atoms with Crippen molar-refractivity contribution in [3.05, 3.63) is 41.6 Å². The molecule has 3 rings (SSSR count). The molecular formula is C20H26N2O4. The third-order valence-corrected chi connectivity index (χ3v) is 4.80. The first-order valence-corrected chi connectivity index (χ1v) is 9.33. The summed E-state index contributed by atoms with van der Waals surface area (Å²) in [6.45, 7) is 5.99. The van der Waals surface area contributed by atoms with Gasteiger partial charge in [0.1, 0.15) is 5.70 Å². The molecule has 140 valence electrons. The fourth-order valence-corrected chi connectivity index (χ4v) is 3.71. The molecule has 1 aromatic rings. The maximum absolute atomic E-state index is 12.8. The molecule has 1 atom stereocenters. The highest BCUT2D eigenvalue weighted by Gasteiger charge is 2.43. The molecule has 0 amide bonds. The summed E-state index contributed by atoms with van der Waals surface area (Å²) >= 11 is 0. The highest BCUT2D eigenvalue weighted by molar-refractivity contribution is 6.04. The maximum atomic E-state index is 12.8. The van der Waals surface area contributed by atoms with Crippen LogP contribution in [0.4, 0.5) is 5.69 Å². The van der Waals surface area contributed by atoms with E-state index in [1.807, 2.05) is 35.2 Å². The Kier molecular flexibility index (Phi) is 5.93. The van der Waals surface area contributed by atoms with Crippen molar-refractivity contribution in [2.45, 2.75) is 39.3 Å². The van der Waals surface area contributed by atoms with Crippen LogP contribution >= 0.6 is 0 Å². The van der Waals surface area contributed by atoms with Crippen LogP contribution in [0.15, 0.2) is 41.6 Å². The summed E-state index contributed by atoms with van der Waals surface area (Å²) in [6.07, 6.45) is 2.64. The number of ether oxygens (including phenoxy) is 2. The standard InChI is InChI=1S/C20H26N2O4/c1-3-25-19(23)16-14-17(21-12-8-9-13-21)22(15-10-6-5-7-11-15)18(16)20(24)26-4-2/h5-7,10-11,17H,3-4,8-9,12-14H2,1-2H3. The van der Waals surface area contributed by atoms with Crippen molar-refractivity contribution >= 4 is 17.6 Å². The van der Waals surface area contributed by atoms with Crippen LogP contribution in [0.25, 0.3) is 0 Å². The average molecular weight is 358 g/mol. The highest BCUT2D eigenvalue weighted by atomic mass is 16.5. The molecular weight excluding hydrogens is 332 g/mol. The van der Waals surface area contributed by atoms with E-state index in [0.717, 1.165) is 31.6 Å². The van der Waals surface area contributed by atoms with Crippen LogP contribution in [-0.4, -0.2) is 49.3 Å². The summed E-state index contributed by atoms with van der Waals surface area (Å²) in [6, 6.07) is 9.71. The number of hydrogen-bond acceptors (Lipinski definition) is 6. The molecule has 1 unspecified atom stereocenters. The monoisotopic (exact) mass is 358 g/mol. The van der Waals surface area contributed by atoms with Gasteiger partial charge in [-0.25, -0.2) is 9.59 Å². The topological polar surface area (TPSA) is 59.1 Å². The van der Waals surface area contributed by atoms with Crippen molar-refractivity contribution in [3.8, 4) is 0 Å². The Labute approximate surface area is 154 Å². The second-order valence-corrected chi connectivity index (χ2v) is 6.40. The number of esters is 2. The van der Waals surface area contributed by atoms with Gasteiger partial charge < -0.3 is 14.4 Å². The molecule has 1 fully saturated rings. The molecule has 2 aliphatic rings. The number of carbonyl (C=O) groups is 2. The van der Waals surface area contributed by atoms with Crippen LogP contribution < -0.4 is 4.90 Å². The van der Waals surface area contributed by atoms with Crippen LogP contribution in [0.3, 0.4) is 0 Å². The van der Waals surface area contributed by atoms with Gasteiger partial charge in [-0.3, -0.25) is 4.90 Å². The van der Waals surface area contributed by atoms with E-state index in [2.05, 4.69) is 4.90 Å². The summed E-state index contributed by atoms with van der Waals surface area (Å²) in [4.78, 5) is 29.6. The molecule has 6 nitrogen and oxygen atoms in total. The summed E-state index contributed by atoms with van der Waals surface area (Å²) in [5.41, 5.74) is 1.60. The molecule has 2 aliphatic heterocycles. The van der Waals surface area contributed by atoms with Crippen LogP contribution in [0.2, 0.25) is 0 Å². The SMILES string of the molecule is CCOC(=O)C1=C(C(=O)OCC)N(c2ccccc2)C(N2CCCC2)C1. The Balaban J connectivity index is 2.05. The lowest BCUT2D eigenvalue weighted by molar-refractivity contribution is -0.141. The van der Waals surface area contributed by atoms with Crippen LogP contribution in [0, 0.1) is 0 Å². The third-order valence-electron chi connectivity index (χ3n) is 4.80. The zero-order chi connectivity index (χ0) is 18.5. The van der Waals surface area contributed by atoms with Crippen LogP contribution in [0.1, 0.15) is 33.1 Å². The molecule has 0 bridgehead atoms. The number of nitrogens with zero attached hydrogens (tertiary/aromatic N) is 2. The number of para-hydroxylation sites is 1. The van der Waals surface area contributed by atoms with Gasteiger partial charge in [0.2, 0.25) is 0 Å². The zero-order valence-electron chi connectivity index (χ0n) is 15.4. The Morgan fingerprint density at radius 1 is 1.00 bits per heavy atom. The van der Waals surface area contributed by atoms with Crippen LogP contribution in [0.5, 0.6) is 0 Å². The quantitative estimate of drug-likeness (QED) is 0.729. The van der Waals surface area contributed by atoms with Crippen molar-refractivity contribution < 1.29 is 19.1 Å². The molecule has 0 radical (unpaired) electrons. The molecule has 0 N–H and O–H groups in total. The minimum absolute atomic E-state index is 0.0706. The average Bonchev–Trinajstić information content (AvgIpc) is 3.30. The van der Waals surface area contributed by atoms with E-state index >= 15 is 0 Å². The number of likely N-dealkylation sites (tertiary alicyclic amines) is 1. The van der Waals surface area contributed by atoms with Crippen molar-refractivity contribution in [2.24, 2.45) is 0 Å². The Morgan fingerprint density at radius 3 is 2.23 bits per heavy atom. The molecule has 1 saturated heterocycles. The molecule has 2 heterocycles. The number of carbonyl (C=O) groups excluding carboxylic acids is 2. The van der Waals surface area contributed by atoms with Crippen LogP contribution in [-0.2, 0) is 19.1 Å². The smallest absolute Gasteiger partial charge is 0.355 e. The first-order valence-electron chi connectivity index (χ1n) is 9.33. The summed E-state index contributed by atoms with van der Waals surface area (Å²) in [7, 11) is 0. The first kappa shape index (κ1) is 18.5. The van der Waals surface area contributed by atoms with Gasteiger partial charge in [0.05, 0.1) is 25.0 Å². The van der Waals surface area contributed by atoms with E-state index in [4.69, 9.17) is 9.47 Å². The predicted octanol–water partition coefficient (Wildman–Crippen LogP) is 2.70. The predicted molar refractivity (Wildman–Crippen MR) is 98.4 cm³/mol. The Morgan fingerprint density at radius 2 is 1.62 bits per heavy atom. The van der Waals surface area contributed by atoms with Gasteiger partial charge in [-0.05, 0) is 38.8 Å². The van der Waals surface area contributed by atoms with E-state index in [1.54, 1.807) is 13.8 Å². The molecule has 0 aliphatic carbocycles. The highest BCUT2D eigenvalue weighted by Crippen LogP contribution is 2.37. The van der Waals surface area contributed by atoms with E-state index in [0.29, 0.717) is 17.7 Å². The molecule has 6 heteroatoms. The first-order chi connectivity index (χ1) is 12.7. The number of benzene rings is 1. The summed E-state index contributed by atoms with van der Waals surface area (Å²) in [5.74, 6) is -0.903. The van der Waals surface area contributed by atoms with Crippen molar-refractivity contribution in [3.63, 3.8) is 0 Å². The van der Waals surface area contributed by atoms with Crippen molar-refractivity contribution in [1.29, 1.82) is 0 Å². The zero-order valence-corrected chi connectivity index (χ0v) is 15.4. The van der Waals surface area contributed by atoms with E-state index in [1.165, 1.54) is 0 Å². The second-order valence-electron chi connectivity index (χ2n) is 6.40. The number of rotatable bonds is 6. The van der Waals surface area contributed by atoms with Gasteiger partial charge in [0, 0.05) is 25.2 Å². The lowest BCUT2D eigenvalue weighted by Crippen LogP contribution is -2.45. The van der Waals surface area contributed by atoms with Gasteiger partial charge in [0.25, 0.3) is 0 Å². The van der Waals surface area contributed by atoms with E-state index < -0.39 is 11.9 Å². The van der Waals surface area contributed by atoms with Crippen molar-refractivity contribution in [2.75, 3.05) is 31.2 Å². The lowest BCUT2D eigenvalue weighted by Gasteiger charge is -2.35.